The number of thiophene rings is 1. The molecular weight excluding hydrogens is 453 g/mol. The lowest BCUT2D eigenvalue weighted by atomic mass is 9.95. The van der Waals surface area contributed by atoms with E-state index in [1.54, 1.807) is 66.5 Å². The van der Waals surface area contributed by atoms with Crippen LogP contribution in [-0.4, -0.2) is 37.3 Å². The van der Waals surface area contributed by atoms with E-state index >= 15 is 0 Å². The Morgan fingerprint density at radius 3 is 2.30 bits per heavy atom. The SMILES string of the molecule is CN(C(=O)c1ccccc1)c1c(C2CC2)c(C(c2cccs2)=[N+](C)C)c(C(F)(F)F)oc1=O. The van der Waals surface area contributed by atoms with Gasteiger partial charge in [-0.2, -0.15) is 13.2 Å². The molecule has 2 aromatic heterocycles. The van der Waals surface area contributed by atoms with E-state index < -0.39 is 23.5 Å². The molecule has 33 heavy (non-hydrogen) atoms. The van der Waals surface area contributed by atoms with Crippen LogP contribution in [0.3, 0.4) is 0 Å². The van der Waals surface area contributed by atoms with E-state index in [2.05, 4.69) is 0 Å². The standard InChI is InChI=1S/C24H22F3N2O3S/c1-28(2)19(16-10-7-13-33-16)18-17(14-11-12-14)20(23(31)32-21(18)24(25,26)27)29(3)22(30)15-8-5-4-6-9-15/h4-10,13-14H,11-12H2,1-3H3/q+1. The molecule has 1 aliphatic rings. The van der Waals surface area contributed by atoms with Crippen LogP contribution < -0.4 is 10.5 Å². The van der Waals surface area contributed by atoms with Gasteiger partial charge in [0.25, 0.3) is 5.91 Å². The van der Waals surface area contributed by atoms with Crippen LogP contribution in [0.15, 0.2) is 57.1 Å². The van der Waals surface area contributed by atoms with Gasteiger partial charge in [-0.15, -0.1) is 11.3 Å². The molecule has 5 nitrogen and oxygen atoms in total. The number of nitrogens with zero attached hydrogens (tertiary/aromatic N) is 2. The molecule has 3 aromatic rings. The molecule has 0 saturated heterocycles. The van der Waals surface area contributed by atoms with E-state index in [9.17, 15) is 22.8 Å². The summed E-state index contributed by atoms with van der Waals surface area (Å²) in [6, 6.07) is 11.8. The van der Waals surface area contributed by atoms with Gasteiger partial charge in [0.1, 0.15) is 25.3 Å². The van der Waals surface area contributed by atoms with Crippen molar-refractivity contribution in [3.8, 4) is 0 Å². The van der Waals surface area contributed by atoms with Crippen LogP contribution in [0, 0.1) is 0 Å². The first kappa shape index (κ1) is 23.0. The predicted octanol–water partition coefficient (Wildman–Crippen LogP) is 4.98. The third kappa shape index (κ3) is 4.37. The molecular formula is C24H22F3N2O3S+. The Labute approximate surface area is 192 Å². The molecule has 0 bridgehead atoms. The molecule has 172 valence electrons. The fraction of sp³-hybridized carbons (Fsp3) is 0.292. The Morgan fingerprint density at radius 1 is 1.12 bits per heavy atom. The van der Waals surface area contributed by atoms with Gasteiger partial charge in [-0.1, -0.05) is 24.3 Å². The summed E-state index contributed by atoms with van der Waals surface area (Å²) in [5.41, 5.74) is -0.682. The molecule has 1 fully saturated rings. The van der Waals surface area contributed by atoms with E-state index in [-0.39, 0.29) is 22.7 Å². The fourth-order valence-corrected chi connectivity index (χ4v) is 4.78. The molecule has 1 amide bonds. The minimum absolute atomic E-state index is 0.148. The average Bonchev–Trinajstić information content (AvgIpc) is 3.47. The number of benzene rings is 1. The molecule has 9 heteroatoms. The second-order valence-corrected chi connectivity index (χ2v) is 9.03. The first-order valence-corrected chi connectivity index (χ1v) is 11.2. The van der Waals surface area contributed by atoms with Gasteiger partial charge >= 0.3 is 11.8 Å². The molecule has 2 heterocycles. The summed E-state index contributed by atoms with van der Waals surface area (Å²) in [6.07, 6.45) is -3.64. The van der Waals surface area contributed by atoms with Crippen molar-refractivity contribution in [2.24, 2.45) is 0 Å². The third-order valence-corrected chi connectivity index (χ3v) is 6.36. The Hall–Kier alpha value is -3.20. The lowest BCUT2D eigenvalue weighted by molar-refractivity contribution is -0.463. The first-order valence-electron chi connectivity index (χ1n) is 10.3. The smallest absolute Gasteiger partial charge is 0.416 e. The van der Waals surface area contributed by atoms with Crippen molar-refractivity contribution in [2.75, 3.05) is 26.0 Å². The van der Waals surface area contributed by atoms with E-state index in [1.807, 2.05) is 0 Å². The van der Waals surface area contributed by atoms with Crippen molar-refractivity contribution in [1.29, 1.82) is 0 Å². The number of alkyl halides is 3. The highest BCUT2D eigenvalue weighted by atomic mass is 32.1. The maximum atomic E-state index is 14.2. The van der Waals surface area contributed by atoms with Crippen LogP contribution in [-0.2, 0) is 6.18 Å². The highest BCUT2D eigenvalue weighted by Gasteiger charge is 2.47. The van der Waals surface area contributed by atoms with E-state index in [0.717, 1.165) is 4.90 Å². The van der Waals surface area contributed by atoms with Gasteiger partial charge in [-0.25, -0.2) is 9.37 Å². The van der Waals surface area contributed by atoms with Crippen LogP contribution in [0.2, 0.25) is 0 Å². The highest BCUT2D eigenvalue weighted by Crippen LogP contribution is 2.48. The number of carbonyl (C=O) groups is 1. The van der Waals surface area contributed by atoms with Crippen molar-refractivity contribution in [1.82, 2.24) is 0 Å². The van der Waals surface area contributed by atoms with Gasteiger partial charge < -0.3 is 9.32 Å². The second-order valence-electron chi connectivity index (χ2n) is 8.08. The van der Waals surface area contributed by atoms with E-state index in [0.29, 0.717) is 29.0 Å². The number of rotatable bonds is 5. The first-order chi connectivity index (χ1) is 15.6. The summed E-state index contributed by atoms with van der Waals surface area (Å²) in [7, 11) is 4.69. The molecule has 0 N–H and O–H groups in total. The van der Waals surface area contributed by atoms with Crippen molar-refractivity contribution in [3.05, 3.63) is 85.6 Å². The van der Waals surface area contributed by atoms with Gasteiger partial charge in [0.05, 0.1) is 4.88 Å². The molecule has 1 aromatic carbocycles. The fourth-order valence-electron chi connectivity index (χ4n) is 3.92. The van der Waals surface area contributed by atoms with Gasteiger partial charge in [0.2, 0.25) is 11.5 Å². The lowest BCUT2D eigenvalue weighted by Gasteiger charge is -2.23. The van der Waals surface area contributed by atoms with Crippen LogP contribution in [0.4, 0.5) is 18.9 Å². The van der Waals surface area contributed by atoms with Crippen LogP contribution in [0.25, 0.3) is 0 Å². The average molecular weight is 476 g/mol. The zero-order valence-electron chi connectivity index (χ0n) is 18.3. The van der Waals surface area contributed by atoms with Gasteiger partial charge in [0, 0.05) is 18.2 Å². The van der Waals surface area contributed by atoms with Crippen LogP contribution >= 0.6 is 11.3 Å². The number of hydrogen-bond acceptors (Lipinski definition) is 4. The third-order valence-electron chi connectivity index (χ3n) is 5.48. The van der Waals surface area contributed by atoms with E-state index in [1.165, 1.54) is 18.4 Å². The molecule has 1 aliphatic carbocycles. The molecule has 0 aliphatic heterocycles. The topological polar surface area (TPSA) is 53.5 Å². The second kappa shape index (κ2) is 8.62. The van der Waals surface area contributed by atoms with Crippen molar-refractivity contribution in [2.45, 2.75) is 24.9 Å². The monoisotopic (exact) mass is 475 g/mol. The zero-order valence-corrected chi connectivity index (χ0v) is 19.1. The van der Waals surface area contributed by atoms with E-state index in [4.69, 9.17) is 4.42 Å². The highest BCUT2D eigenvalue weighted by molar-refractivity contribution is 7.12. The van der Waals surface area contributed by atoms with Crippen molar-refractivity contribution >= 4 is 28.6 Å². The molecule has 4 rings (SSSR count). The summed E-state index contributed by atoms with van der Waals surface area (Å²) in [4.78, 5) is 27.8. The minimum atomic E-state index is -4.89. The van der Waals surface area contributed by atoms with Crippen molar-refractivity contribution in [3.63, 3.8) is 0 Å². The Balaban J connectivity index is 2.04. The number of anilines is 1. The maximum absolute atomic E-state index is 14.2. The maximum Gasteiger partial charge on any atom is 0.450 e. The quantitative estimate of drug-likeness (QED) is 0.386. The molecule has 0 atom stereocenters. The van der Waals surface area contributed by atoms with Crippen LogP contribution in [0.1, 0.15) is 50.9 Å². The summed E-state index contributed by atoms with van der Waals surface area (Å²) in [5, 5.41) is 1.77. The largest absolute Gasteiger partial charge is 0.450 e. The molecule has 0 radical (unpaired) electrons. The van der Waals surface area contributed by atoms with Crippen molar-refractivity contribution < 1.29 is 27.0 Å². The summed E-state index contributed by atoms with van der Waals surface area (Å²) in [6.45, 7) is 0. The van der Waals surface area contributed by atoms with Gasteiger partial charge in [-0.3, -0.25) is 4.79 Å². The number of carbonyl (C=O) groups excluding carboxylic acids is 1. The minimum Gasteiger partial charge on any atom is -0.416 e. The molecule has 0 spiro atoms. The Morgan fingerprint density at radius 2 is 1.79 bits per heavy atom. The Kier molecular flexibility index (Phi) is 6.00. The number of hydrogen-bond donors (Lipinski definition) is 0. The van der Waals surface area contributed by atoms with Gasteiger partial charge in [0.15, 0.2) is 0 Å². The summed E-state index contributed by atoms with van der Waals surface area (Å²) < 4.78 is 49.0. The molecule has 0 unspecified atom stereocenters. The molecule has 1 saturated carbocycles. The van der Waals surface area contributed by atoms with Gasteiger partial charge in [-0.05, 0) is 42.3 Å². The van der Waals surface area contributed by atoms with Crippen LogP contribution in [0.5, 0.6) is 0 Å². The number of halogens is 3. The zero-order chi connectivity index (χ0) is 23.9. The summed E-state index contributed by atoms with van der Waals surface area (Å²) in [5.74, 6) is -2.12. The Bertz CT molecular complexity index is 1270. The lowest BCUT2D eigenvalue weighted by Crippen LogP contribution is -2.34. The summed E-state index contributed by atoms with van der Waals surface area (Å²) >= 11 is 1.29. The number of amides is 1. The predicted molar refractivity (Wildman–Crippen MR) is 121 cm³/mol. The normalized spacial score (nSPS) is 13.6.